The number of hydrogen-bond acceptors (Lipinski definition) is 3. The molecule has 0 N–H and O–H groups in total. The molecule has 0 radical (unpaired) electrons. The highest BCUT2D eigenvalue weighted by atomic mass is 127. The lowest BCUT2D eigenvalue weighted by molar-refractivity contribution is 0.0992. The van der Waals surface area contributed by atoms with Gasteiger partial charge < -0.3 is 0 Å². The van der Waals surface area contributed by atoms with Gasteiger partial charge in [-0.3, -0.25) is 14.8 Å². The quantitative estimate of drug-likeness (QED) is 0.643. The number of carbonyl (C=O) groups is 1. The number of nitrogens with zero attached hydrogens (tertiary/aromatic N) is 2. The molecule has 2 heterocycles. The van der Waals surface area contributed by atoms with Crippen LogP contribution in [-0.4, -0.2) is 15.8 Å². The smallest absolute Gasteiger partial charge is 0.168 e. The average Bonchev–Trinajstić information content (AvgIpc) is 2.31. The number of ketones is 1. The third kappa shape index (κ3) is 3.37. The lowest BCUT2D eigenvalue weighted by Gasteiger charge is -1.99. The number of halogens is 1. The standard InChI is InChI=1S/C12H10N2O.HI/c15-12(10-4-7-13-8-5-10)9-11-3-1-2-6-14-11;/h1-8H,9H2;1H. The Morgan fingerprint density at radius 3 is 2.44 bits per heavy atom. The van der Waals surface area contributed by atoms with Crippen LogP contribution in [-0.2, 0) is 6.42 Å². The van der Waals surface area contributed by atoms with Gasteiger partial charge in [-0.05, 0) is 24.3 Å². The normalized spacial score (nSPS) is 9.25. The summed E-state index contributed by atoms with van der Waals surface area (Å²) >= 11 is 0. The van der Waals surface area contributed by atoms with Crippen LogP contribution in [0.4, 0.5) is 0 Å². The fourth-order valence-corrected chi connectivity index (χ4v) is 1.31. The minimum Gasteiger partial charge on any atom is -0.294 e. The predicted molar refractivity (Wildman–Crippen MR) is 71.9 cm³/mol. The summed E-state index contributed by atoms with van der Waals surface area (Å²) in [4.78, 5) is 19.7. The first-order valence-electron chi connectivity index (χ1n) is 4.69. The van der Waals surface area contributed by atoms with Crippen molar-refractivity contribution in [1.82, 2.24) is 9.97 Å². The Bertz CT molecular complexity index is 445. The van der Waals surface area contributed by atoms with E-state index in [1.165, 1.54) is 0 Å². The Hall–Kier alpha value is -1.30. The summed E-state index contributed by atoms with van der Waals surface area (Å²) in [5.74, 6) is 0.0658. The molecule has 0 aliphatic carbocycles. The van der Waals surface area contributed by atoms with Crippen LogP contribution in [0.3, 0.4) is 0 Å². The van der Waals surface area contributed by atoms with Gasteiger partial charge in [0.1, 0.15) is 0 Å². The van der Waals surface area contributed by atoms with Crippen LogP contribution in [0.25, 0.3) is 0 Å². The Kier molecular flexibility index (Phi) is 5.04. The number of carbonyl (C=O) groups excluding carboxylic acids is 1. The van der Waals surface area contributed by atoms with Crippen molar-refractivity contribution in [3.63, 3.8) is 0 Å². The summed E-state index contributed by atoms with van der Waals surface area (Å²) in [5.41, 5.74) is 1.47. The number of Topliss-reactive ketones (excluding diaryl/α,β-unsaturated/α-hetero) is 1. The van der Waals surface area contributed by atoms with Gasteiger partial charge in [-0.1, -0.05) is 6.07 Å². The molecular weight excluding hydrogens is 315 g/mol. The second kappa shape index (κ2) is 6.32. The van der Waals surface area contributed by atoms with Gasteiger partial charge in [0.05, 0.1) is 6.42 Å². The maximum Gasteiger partial charge on any atom is 0.168 e. The van der Waals surface area contributed by atoms with Crippen molar-refractivity contribution in [2.45, 2.75) is 6.42 Å². The largest absolute Gasteiger partial charge is 0.294 e. The Morgan fingerprint density at radius 1 is 1.06 bits per heavy atom. The van der Waals surface area contributed by atoms with E-state index in [9.17, 15) is 4.79 Å². The fourth-order valence-electron chi connectivity index (χ4n) is 1.31. The van der Waals surface area contributed by atoms with Crippen molar-refractivity contribution in [3.8, 4) is 0 Å². The Morgan fingerprint density at radius 2 is 1.81 bits per heavy atom. The van der Waals surface area contributed by atoms with Crippen LogP contribution in [0, 0.1) is 0 Å². The van der Waals surface area contributed by atoms with Crippen molar-refractivity contribution in [2.75, 3.05) is 0 Å². The number of rotatable bonds is 3. The second-order valence-electron chi connectivity index (χ2n) is 3.16. The average molecular weight is 326 g/mol. The summed E-state index contributed by atoms with van der Waals surface area (Å²) in [7, 11) is 0. The number of aromatic nitrogens is 2. The van der Waals surface area contributed by atoms with Crippen LogP contribution in [0.15, 0.2) is 48.9 Å². The summed E-state index contributed by atoms with van der Waals surface area (Å²) in [5, 5.41) is 0. The summed E-state index contributed by atoms with van der Waals surface area (Å²) < 4.78 is 0. The van der Waals surface area contributed by atoms with Crippen LogP contribution >= 0.6 is 24.0 Å². The highest BCUT2D eigenvalue weighted by Gasteiger charge is 2.06. The van der Waals surface area contributed by atoms with E-state index in [0.717, 1.165) is 5.69 Å². The van der Waals surface area contributed by atoms with Crippen molar-refractivity contribution < 1.29 is 4.79 Å². The van der Waals surface area contributed by atoms with Crippen molar-refractivity contribution in [3.05, 3.63) is 60.2 Å². The topological polar surface area (TPSA) is 42.9 Å². The van der Waals surface area contributed by atoms with E-state index in [1.54, 1.807) is 30.7 Å². The van der Waals surface area contributed by atoms with E-state index in [-0.39, 0.29) is 29.8 Å². The molecule has 0 fully saturated rings. The van der Waals surface area contributed by atoms with Crippen LogP contribution in [0.2, 0.25) is 0 Å². The first-order chi connectivity index (χ1) is 7.36. The molecule has 82 valence electrons. The van der Waals surface area contributed by atoms with Gasteiger partial charge in [0.2, 0.25) is 0 Å². The maximum atomic E-state index is 11.7. The van der Waals surface area contributed by atoms with E-state index in [4.69, 9.17) is 0 Å². The maximum absolute atomic E-state index is 11.7. The molecule has 0 aromatic carbocycles. The zero-order chi connectivity index (χ0) is 10.5. The summed E-state index contributed by atoms with van der Waals surface area (Å²) in [6.07, 6.45) is 5.26. The van der Waals surface area contributed by atoms with Gasteiger partial charge in [-0.25, -0.2) is 0 Å². The van der Waals surface area contributed by atoms with E-state index < -0.39 is 0 Å². The molecule has 0 saturated carbocycles. The molecule has 2 aromatic rings. The van der Waals surface area contributed by atoms with Crippen LogP contribution in [0.5, 0.6) is 0 Å². The van der Waals surface area contributed by atoms with Crippen LogP contribution < -0.4 is 0 Å². The van der Waals surface area contributed by atoms with E-state index >= 15 is 0 Å². The van der Waals surface area contributed by atoms with Crippen molar-refractivity contribution in [2.24, 2.45) is 0 Å². The molecule has 0 atom stereocenters. The molecule has 2 aromatic heterocycles. The SMILES string of the molecule is I.O=C(Cc1ccccn1)c1ccncc1. The minimum atomic E-state index is 0. The van der Waals surface area contributed by atoms with Crippen LogP contribution in [0.1, 0.15) is 16.1 Å². The van der Waals surface area contributed by atoms with Crippen molar-refractivity contribution >= 4 is 29.8 Å². The lowest BCUT2D eigenvalue weighted by atomic mass is 10.1. The first-order valence-corrected chi connectivity index (χ1v) is 4.69. The zero-order valence-electron chi connectivity index (χ0n) is 8.54. The number of hydrogen-bond donors (Lipinski definition) is 0. The van der Waals surface area contributed by atoms with E-state index in [2.05, 4.69) is 9.97 Å². The monoisotopic (exact) mass is 326 g/mol. The second-order valence-corrected chi connectivity index (χ2v) is 3.16. The predicted octanol–water partition coefficient (Wildman–Crippen LogP) is 2.52. The van der Waals surface area contributed by atoms with E-state index in [0.29, 0.717) is 12.0 Å². The summed E-state index contributed by atoms with van der Waals surface area (Å²) in [6, 6.07) is 8.98. The first kappa shape index (κ1) is 12.8. The minimum absolute atomic E-state index is 0. The van der Waals surface area contributed by atoms with Gasteiger partial charge in [0.15, 0.2) is 5.78 Å². The molecule has 4 heteroatoms. The van der Waals surface area contributed by atoms with E-state index in [1.807, 2.05) is 18.2 Å². The molecule has 0 saturated heterocycles. The Balaban J connectivity index is 0.00000128. The molecule has 3 nitrogen and oxygen atoms in total. The zero-order valence-corrected chi connectivity index (χ0v) is 10.9. The molecule has 2 rings (SSSR count). The molecule has 0 amide bonds. The van der Waals surface area contributed by atoms with Gasteiger partial charge in [0.25, 0.3) is 0 Å². The highest BCUT2D eigenvalue weighted by molar-refractivity contribution is 14.0. The Labute approximate surface area is 111 Å². The van der Waals surface area contributed by atoms with Gasteiger partial charge >= 0.3 is 0 Å². The van der Waals surface area contributed by atoms with Gasteiger partial charge in [-0.2, -0.15) is 0 Å². The third-order valence-electron chi connectivity index (χ3n) is 2.07. The molecule has 0 unspecified atom stereocenters. The van der Waals surface area contributed by atoms with Crippen molar-refractivity contribution in [1.29, 1.82) is 0 Å². The molecule has 0 bridgehead atoms. The lowest BCUT2D eigenvalue weighted by Crippen LogP contribution is -2.04. The molecule has 16 heavy (non-hydrogen) atoms. The molecule has 0 aliphatic heterocycles. The molecule has 0 spiro atoms. The number of pyridine rings is 2. The van der Waals surface area contributed by atoms with Gasteiger partial charge in [0, 0.05) is 29.8 Å². The van der Waals surface area contributed by atoms with Gasteiger partial charge in [-0.15, -0.1) is 24.0 Å². The summed E-state index contributed by atoms with van der Waals surface area (Å²) in [6.45, 7) is 0. The molecular formula is C12H11IN2O. The fraction of sp³-hybridized carbons (Fsp3) is 0.0833. The highest BCUT2D eigenvalue weighted by Crippen LogP contribution is 2.03. The molecule has 0 aliphatic rings. The third-order valence-corrected chi connectivity index (χ3v) is 2.07.